The van der Waals surface area contributed by atoms with Crippen LogP contribution in [0, 0.1) is 6.92 Å². The van der Waals surface area contributed by atoms with Gasteiger partial charge in [0.25, 0.3) is 5.91 Å². The molecule has 20 heavy (non-hydrogen) atoms. The summed E-state index contributed by atoms with van der Waals surface area (Å²) in [5.41, 5.74) is 1.93. The Morgan fingerprint density at radius 2 is 2.00 bits per heavy atom. The number of aliphatic carboxylic acids is 1. The predicted molar refractivity (Wildman–Crippen MR) is 72.3 cm³/mol. The number of aryl methyl sites for hydroxylation is 1. The third-order valence-corrected chi connectivity index (χ3v) is 2.44. The molecule has 0 saturated heterocycles. The Morgan fingerprint density at radius 3 is 2.55 bits per heavy atom. The fourth-order valence-electron chi connectivity index (χ4n) is 1.51. The first-order valence-electron chi connectivity index (χ1n) is 5.80. The Balaban J connectivity index is 2.03. The van der Waals surface area contributed by atoms with Crippen molar-refractivity contribution < 1.29 is 19.2 Å². The van der Waals surface area contributed by atoms with E-state index in [0.717, 1.165) is 11.6 Å². The van der Waals surface area contributed by atoms with E-state index in [1.165, 1.54) is 6.08 Å². The van der Waals surface area contributed by atoms with Gasteiger partial charge in [0.1, 0.15) is 0 Å². The molecule has 0 unspecified atom stereocenters. The van der Waals surface area contributed by atoms with Crippen molar-refractivity contribution in [3.63, 3.8) is 0 Å². The summed E-state index contributed by atoms with van der Waals surface area (Å²) in [7, 11) is 0. The molecule has 0 aliphatic heterocycles. The van der Waals surface area contributed by atoms with Gasteiger partial charge in [0.05, 0.1) is 5.69 Å². The third-order valence-electron chi connectivity index (χ3n) is 2.44. The molecule has 2 N–H and O–H groups in total. The summed E-state index contributed by atoms with van der Waals surface area (Å²) in [5, 5.41) is 14.8. The lowest BCUT2D eigenvalue weighted by atomic mass is 10.2. The molecular formula is C14H12N2O4. The van der Waals surface area contributed by atoms with Gasteiger partial charge in [-0.2, -0.15) is 0 Å². The molecule has 1 heterocycles. The number of benzene rings is 1. The maximum Gasteiger partial charge on any atom is 0.328 e. The first-order valence-corrected chi connectivity index (χ1v) is 5.80. The Labute approximate surface area is 114 Å². The second-order valence-electron chi connectivity index (χ2n) is 4.08. The van der Waals surface area contributed by atoms with Crippen LogP contribution in [0.3, 0.4) is 0 Å². The largest absolute Gasteiger partial charge is 0.478 e. The van der Waals surface area contributed by atoms with Gasteiger partial charge in [-0.25, -0.2) is 4.79 Å². The maximum atomic E-state index is 11.8. The second-order valence-corrected chi connectivity index (χ2v) is 4.08. The van der Waals surface area contributed by atoms with E-state index in [0.29, 0.717) is 11.4 Å². The van der Waals surface area contributed by atoms with Crippen LogP contribution in [0.5, 0.6) is 0 Å². The summed E-state index contributed by atoms with van der Waals surface area (Å²) >= 11 is 0. The molecular weight excluding hydrogens is 260 g/mol. The summed E-state index contributed by atoms with van der Waals surface area (Å²) in [6.45, 7) is 1.73. The molecule has 0 radical (unpaired) electrons. The number of rotatable bonds is 4. The molecule has 6 heteroatoms. The van der Waals surface area contributed by atoms with E-state index in [1.807, 2.05) is 0 Å². The molecule has 0 saturated carbocycles. The van der Waals surface area contributed by atoms with Crippen LogP contribution in [0.15, 0.2) is 40.9 Å². The zero-order chi connectivity index (χ0) is 14.5. The molecule has 102 valence electrons. The summed E-state index contributed by atoms with van der Waals surface area (Å²) < 4.78 is 4.85. The minimum atomic E-state index is -1.01. The minimum absolute atomic E-state index is 0.136. The highest BCUT2D eigenvalue weighted by Gasteiger charge is 2.11. The van der Waals surface area contributed by atoms with Crippen LogP contribution >= 0.6 is 0 Å². The second kappa shape index (κ2) is 5.83. The number of hydrogen-bond donors (Lipinski definition) is 2. The Bertz CT molecular complexity index is 656. The number of anilines is 1. The molecule has 0 fully saturated rings. The number of carbonyl (C=O) groups is 2. The lowest BCUT2D eigenvalue weighted by Crippen LogP contribution is -2.10. The quantitative estimate of drug-likeness (QED) is 0.833. The molecule has 1 aromatic carbocycles. The minimum Gasteiger partial charge on any atom is -0.478 e. The van der Waals surface area contributed by atoms with E-state index >= 15 is 0 Å². The van der Waals surface area contributed by atoms with Crippen molar-refractivity contribution in [1.82, 2.24) is 5.16 Å². The van der Waals surface area contributed by atoms with Gasteiger partial charge in [-0.1, -0.05) is 17.3 Å². The molecule has 0 atom stereocenters. The van der Waals surface area contributed by atoms with Crippen LogP contribution in [0.2, 0.25) is 0 Å². The summed E-state index contributed by atoms with van der Waals surface area (Å²) in [6, 6.07) is 8.27. The number of aromatic nitrogens is 1. The van der Waals surface area contributed by atoms with Crippen molar-refractivity contribution in [3.8, 4) is 0 Å². The van der Waals surface area contributed by atoms with E-state index in [2.05, 4.69) is 10.5 Å². The van der Waals surface area contributed by atoms with Crippen LogP contribution < -0.4 is 5.32 Å². The molecule has 0 bridgehead atoms. The fraction of sp³-hybridized carbons (Fsp3) is 0.0714. The van der Waals surface area contributed by atoms with Gasteiger partial charge in [0.15, 0.2) is 0 Å². The van der Waals surface area contributed by atoms with Crippen LogP contribution in [0.1, 0.15) is 21.8 Å². The highest BCUT2D eigenvalue weighted by molar-refractivity contribution is 6.02. The number of hydrogen-bond acceptors (Lipinski definition) is 4. The van der Waals surface area contributed by atoms with Crippen molar-refractivity contribution in [2.24, 2.45) is 0 Å². The van der Waals surface area contributed by atoms with Gasteiger partial charge in [-0.3, -0.25) is 4.79 Å². The smallest absolute Gasteiger partial charge is 0.328 e. The van der Waals surface area contributed by atoms with Crippen molar-refractivity contribution in [3.05, 3.63) is 53.4 Å². The van der Waals surface area contributed by atoms with Crippen LogP contribution in [0.25, 0.3) is 6.08 Å². The summed E-state index contributed by atoms with van der Waals surface area (Å²) in [5.74, 6) is -1.26. The molecule has 0 spiro atoms. The molecule has 6 nitrogen and oxygen atoms in total. The molecule has 0 aliphatic carbocycles. The Hall–Kier alpha value is -2.89. The van der Waals surface area contributed by atoms with Crippen molar-refractivity contribution >= 4 is 23.6 Å². The SMILES string of the molecule is Cc1cc(C(=O)Nc2ccc(/C=C\C(=O)O)cc2)on1. The first kappa shape index (κ1) is 13.5. The van der Waals surface area contributed by atoms with Crippen LogP contribution in [-0.4, -0.2) is 22.1 Å². The van der Waals surface area contributed by atoms with Gasteiger partial charge >= 0.3 is 5.97 Å². The molecule has 1 amide bonds. The number of nitrogens with one attached hydrogen (secondary N) is 1. The average molecular weight is 272 g/mol. The lowest BCUT2D eigenvalue weighted by molar-refractivity contribution is -0.131. The van der Waals surface area contributed by atoms with Gasteiger partial charge < -0.3 is 14.9 Å². The van der Waals surface area contributed by atoms with Crippen molar-refractivity contribution in [2.45, 2.75) is 6.92 Å². The predicted octanol–water partition coefficient (Wildman–Crippen LogP) is 2.33. The zero-order valence-electron chi connectivity index (χ0n) is 10.7. The summed E-state index contributed by atoms with van der Waals surface area (Å²) in [6.07, 6.45) is 2.51. The highest BCUT2D eigenvalue weighted by atomic mass is 16.5. The molecule has 2 aromatic rings. The lowest BCUT2D eigenvalue weighted by Gasteiger charge is -2.02. The normalized spacial score (nSPS) is 10.7. The summed E-state index contributed by atoms with van der Waals surface area (Å²) in [4.78, 5) is 22.2. The number of nitrogens with zero attached hydrogens (tertiary/aromatic N) is 1. The maximum absolute atomic E-state index is 11.8. The molecule has 0 aliphatic rings. The Kier molecular flexibility index (Phi) is 3.95. The number of carbonyl (C=O) groups excluding carboxylic acids is 1. The van der Waals surface area contributed by atoms with E-state index in [9.17, 15) is 9.59 Å². The third kappa shape index (κ3) is 3.55. The van der Waals surface area contributed by atoms with Crippen LogP contribution in [-0.2, 0) is 4.79 Å². The fourth-order valence-corrected chi connectivity index (χ4v) is 1.51. The number of carboxylic acid groups (broad SMARTS) is 1. The van der Waals surface area contributed by atoms with Gasteiger partial charge in [-0.05, 0) is 30.7 Å². The standard InChI is InChI=1S/C14H12N2O4/c1-9-8-12(20-16-9)14(19)15-11-5-2-10(3-6-11)4-7-13(17)18/h2-8H,1H3,(H,15,19)(H,17,18)/b7-4-. The highest BCUT2D eigenvalue weighted by Crippen LogP contribution is 2.13. The van der Waals surface area contributed by atoms with Gasteiger partial charge in [0, 0.05) is 17.8 Å². The molecule has 2 rings (SSSR count). The van der Waals surface area contributed by atoms with Crippen molar-refractivity contribution in [2.75, 3.05) is 5.32 Å². The van der Waals surface area contributed by atoms with Gasteiger partial charge in [0.2, 0.25) is 5.76 Å². The van der Waals surface area contributed by atoms with Crippen molar-refractivity contribution in [1.29, 1.82) is 0 Å². The molecule has 1 aromatic heterocycles. The van der Waals surface area contributed by atoms with E-state index in [4.69, 9.17) is 9.63 Å². The van der Waals surface area contributed by atoms with E-state index in [-0.39, 0.29) is 11.7 Å². The number of amides is 1. The topological polar surface area (TPSA) is 92.4 Å². The van der Waals surface area contributed by atoms with Gasteiger partial charge in [-0.15, -0.1) is 0 Å². The zero-order valence-corrected chi connectivity index (χ0v) is 10.7. The van der Waals surface area contributed by atoms with E-state index in [1.54, 1.807) is 37.3 Å². The Morgan fingerprint density at radius 1 is 1.30 bits per heavy atom. The first-order chi connectivity index (χ1) is 9.54. The monoisotopic (exact) mass is 272 g/mol. The van der Waals surface area contributed by atoms with E-state index < -0.39 is 5.97 Å². The average Bonchev–Trinajstić information content (AvgIpc) is 2.85. The van der Waals surface area contributed by atoms with Crippen LogP contribution in [0.4, 0.5) is 5.69 Å². The number of carboxylic acids is 1.